The van der Waals surface area contributed by atoms with Gasteiger partial charge in [0.05, 0.1) is 0 Å². The van der Waals surface area contributed by atoms with Gasteiger partial charge in [0.25, 0.3) is 0 Å². The van der Waals surface area contributed by atoms with E-state index < -0.39 is 0 Å². The van der Waals surface area contributed by atoms with E-state index in [9.17, 15) is 0 Å². The Morgan fingerprint density at radius 3 is 3.00 bits per heavy atom. The van der Waals surface area contributed by atoms with Crippen molar-refractivity contribution in [3.63, 3.8) is 0 Å². The second-order valence-electron chi connectivity index (χ2n) is 2.40. The lowest BCUT2D eigenvalue weighted by Gasteiger charge is -2.05. The summed E-state index contributed by atoms with van der Waals surface area (Å²) in [4.78, 5) is 0. The third kappa shape index (κ3) is 4.86. The molecule has 0 radical (unpaired) electrons. The molecule has 0 aromatic heterocycles. The van der Waals surface area contributed by atoms with Gasteiger partial charge in [-0.15, -0.1) is 23.5 Å². The van der Waals surface area contributed by atoms with Gasteiger partial charge in [-0.05, 0) is 17.9 Å². The quantitative estimate of drug-likeness (QED) is 0.566. The zero-order valence-corrected chi connectivity index (χ0v) is 9.84. The first-order chi connectivity index (χ1) is 5.43. The number of hydrogen-bond acceptors (Lipinski definition) is 4. The van der Waals surface area contributed by atoms with E-state index in [1.54, 1.807) is 0 Å². The highest BCUT2D eigenvalue weighted by atomic mass is 32.2. The molecule has 1 unspecified atom stereocenters. The van der Waals surface area contributed by atoms with E-state index in [0.29, 0.717) is 0 Å². The Bertz CT molecular complexity index is 90.4. The zero-order valence-electron chi connectivity index (χ0n) is 6.49. The van der Waals surface area contributed by atoms with Crippen molar-refractivity contribution in [1.29, 1.82) is 0 Å². The van der Waals surface area contributed by atoms with Crippen LogP contribution in [0.3, 0.4) is 0 Å². The standard InChI is InChI=1S/C7H14S4/c8-2-4-9-3-1-7-5-10-6-11-7/h7-8H,1-6H2. The van der Waals surface area contributed by atoms with Crippen LogP contribution in [0.15, 0.2) is 0 Å². The van der Waals surface area contributed by atoms with Crippen LogP contribution in [0.2, 0.25) is 0 Å². The summed E-state index contributed by atoms with van der Waals surface area (Å²) < 4.78 is 0. The van der Waals surface area contributed by atoms with Crippen LogP contribution in [0, 0.1) is 0 Å². The Balaban J connectivity index is 1.86. The number of thioether (sulfide) groups is 3. The normalized spacial score (nSPS) is 24.3. The largest absolute Gasteiger partial charge is 0.179 e. The Labute approximate surface area is 87.4 Å². The molecule has 0 bridgehead atoms. The first-order valence-corrected chi connectivity index (χ1v) is 7.80. The summed E-state index contributed by atoms with van der Waals surface area (Å²) in [5.74, 6) is 4.95. The Morgan fingerprint density at radius 1 is 1.45 bits per heavy atom. The van der Waals surface area contributed by atoms with Crippen molar-refractivity contribution in [3.05, 3.63) is 0 Å². The maximum atomic E-state index is 4.17. The molecule has 1 saturated heterocycles. The fourth-order valence-electron chi connectivity index (χ4n) is 0.920. The molecule has 0 aromatic rings. The van der Waals surface area contributed by atoms with Gasteiger partial charge in [0, 0.05) is 21.8 Å². The Hall–Kier alpha value is 1.40. The van der Waals surface area contributed by atoms with Crippen LogP contribution in [0.4, 0.5) is 0 Å². The van der Waals surface area contributed by atoms with E-state index in [1.807, 2.05) is 11.8 Å². The number of hydrogen-bond donors (Lipinski definition) is 1. The first-order valence-electron chi connectivity index (χ1n) is 3.81. The van der Waals surface area contributed by atoms with Gasteiger partial charge in [-0.3, -0.25) is 0 Å². The van der Waals surface area contributed by atoms with E-state index in [1.165, 1.54) is 28.8 Å². The second kappa shape index (κ2) is 6.87. The Morgan fingerprint density at radius 2 is 2.36 bits per heavy atom. The van der Waals surface area contributed by atoms with Crippen LogP contribution in [0.25, 0.3) is 0 Å². The molecular weight excluding hydrogens is 212 g/mol. The summed E-state index contributed by atoms with van der Waals surface area (Å²) in [6.07, 6.45) is 1.40. The van der Waals surface area contributed by atoms with E-state index >= 15 is 0 Å². The SMILES string of the molecule is SCCSCCC1CSCS1. The molecule has 11 heavy (non-hydrogen) atoms. The summed E-state index contributed by atoms with van der Waals surface area (Å²) in [5.41, 5.74) is 0. The van der Waals surface area contributed by atoms with Crippen LogP contribution in [0.1, 0.15) is 6.42 Å². The molecule has 0 nitrogen and oxygen atoms in total. The third-order valence-corrected chi connectivity index (χ3v) is 5.99. The molecule has 0 saturated carbocycles. The first kappa shape index (κ1) is 10.5. The molecule has 0 aromatic carbocycles. The molecule has 1 aliphatic rings. The monoisotopic (exact) mass is 226 g/mol. The van der Waals surface area contributed by atoms with Crippen molar-refractivity contribution >= 4 is 47.9 Å². The molecule has 1 rings (SSSR count). The summed E-state index contributed by atoms with van der Waals surface area (Å²) in [5, 5.41) is 2.27. The van der Waals surface area contributed by atoms with Gasteiger partial charge in [-0.1, -0.05) is 0 Å². The maximum absolute atomic E-state index is 4.17. The molecule has 0 aliphatic carbocycles. The fraction of sp³-hybridized carbons (Fsp3) is 1.00. The van der Waals surface area contributed by atoms with Gasteiger partial charge in [-0.2, -0.15) is 24.4 Å². The van der Waals surface area contributed by atoms with Crippen LogP contribution in [-0.4, -0.2) is 33.3 Å². The van der Waals surface area contributed by atoms with Crippen molar-refractivity contribution in [2.75, 3.05) is 28.1 Å². The van der Waals surface area contributed by atoms with Gasteiger partial charge in [0.2, 0.25) is 0 Å². The molecule has 1 atom stereocenters. The second-order valence-corrected chi connectivity index (χ2v) is 6.76. The molecular formula is C7H14S4. The zero-order chi connectivity index (χ0) is 7.94. The summed E-state index contributed by atoms with van der Waals surface area (Å²) >= 11 is 10.4. The maximum Gasteiger partial charge on any atom is 0.0395 e. The summed E-state index contributed by atoms with van der Waals surface area (Å²) in [6.45, 7) is 0. The molecule has 1 aliphatic heterocycles. The van der Waals surface area contributed by atoms with Gasteiger partial charge < -0.3 is 0 Å². The summed E-state index contributed by atoms with van der Waals surface area (Å²) in [7, 11) is 0. The van der Waals surface area contributed by atoms with Crippen molar-refractivity contribution in [1.82, 2.24) is 0 Å². The highest BCUT2D eigenvalue weighted by Gasteiger charge is 2.14. The van der Waals surface area contributed by atoms with Crippen LogP contribution >= 0.6 is 47.9 Å². The van der Waals surface area contributed by atoms with Gasteiger partial charge in [0.1, 0.15) is 0 Å². The molecule has 0 spiro atoms. The van der Waals surface area contributed by atoms with Crippen LogP contribution in [0.5, 0.6) is 0 Å². The molecule has 1 fully saturated rings. The van der Waals surface area contributed by atoms with Gasteiger partial charge >= 0.3 is 0 Å². The van der Waals surface area contributed by atoms with E-state index in [2.05, 4.69) is 36.2 Å². The molecule has 0 N–H and O–H groups in total. The van der Waals surface area contributed by atoms with Gasteiger partial charge in [0.15, 0.2) is 0 Å². The van der Waals surface area contributed by atoms with E-state index in [0.717, 1.165) is 11.0 Å². The number of thiol groups is 1. The van der Waals surface area contributed by atoms with Crippen LogP contribution in [-0.2, 0) is 0 Å². The van der Waals surface area contributed by atoms with E-state index in [-0.39, 0.29) is 0 Å². The molecule has 4 heteroatoms. The molecule has 66 valence electrons. The minimum atomic E-state index is 0.951. The smallest absolute Gasteiger partial charge is 0.0395 e. The lowest BCUT2D eigenvalue weighted by molar-refractivity contribution is 0.937. The minimum Gasteiger partial charge on any atom is -0.179 e. The van der Waals surface area contributed by atoms with Crippen molar-refractivity contribution in [3.8, 4) is 0 Å². The van der Waals surface area contributed by atoms with Gasteiger partial charge in [-0.25, -0.2) is 0 Å². The lowest BCUT2D eigenvalue weighted by atomic mass is 10.4. The van der Waals surface area contributed by atoms with Crippen LogP contribution < -0.4 is 0 Å². The predicted octanol–water partition coefficient (Wildman–Crippen LogP) is 2.85. The predicted molar refractivity (Wildman–Crippen MR) is 64.5 cm³/mol. The fourth-order valence-corrected chi connectivity index (χ4v) is 5.17. The topological polar surface area (TPSA) is 0 Å². The highest BCUT2D eigenvalue weighted by Crippen LogP contribution is 2.31. The molecule has 0 amide bonds. The average molecular weight is 226 g/mol. The summed E-state index contributed by atoms with van der Waals surface area (Å²) in [6, 6.07) is 0. The molecule has 1 heterocycles. The van der Waals surface area contributed by atoms with Crippen molar-refractivity contribution in [2.24, 2.45) is 0 Å². The Kier molecular flexibility index (Phi) is 6.54. The third-order valence-electron chi connectivity index (χ3n) is 1.51. The lowest BCUT2D eigenvalue weighted by Crippen LogP contribution is -2.02. The average Bonchev–Trinajstić information content (AvgIpc) is 2.50. The number of rotatable bonds is 5. The van der Waals surface area contributed by atoms with E-state index in [4.69, 9.17) is 0 Å². The van der Waals surface area contributed by atoms with Crippen molar-refractivity contribution < 1.29 is 0 Å². The highest BCUT2D eigenvalue weighted by molar-refractivity contribution is 8.19. The van der Waals surface area contributed by atoms with Crippen molar-refractivity contribution in [2.45, 2.75) is 11.7 Å². The minimum absolute atomic E-state index is 0.951.